The van der Waals surface area contributed by atoms with Gasteiger partial charge in [0.15, 0.2) is 5.65 Å². The Hall–Kier alpha value is -4.22. The molecule has 0 saturated heterocycles. The van der Waals surface area contributed by atoms with Crippen LogP contribution in [0.1, 0.15) is 31.3 Å². The zero-order valence-electron chi connectivity index (χ0n) is 20.6. The Balaban J connectivity index is 1.38. The molecule has 38 heavy (non-hydrogen) atoms. The van der Waals surface area contributed by atoms with Gasteiger partial charge >= 0.3 is 5.92 Å². The fraction of sp³-hybridized carbons (Fsp3) is 0.308. The minimum absolute atomic E-state index is 0.0467. The number of nitrogens with one attached hydrogen (secondary N) is 1. The molecule has 3 aromatic rings. The lowest BCUT2D eigenvalue weighted by molar-refractivity contribution is -0.144. The van der Waals surface area contributed by atoms with E-state index in [9.17, 15) is 22.4 Å². The molecular formula is C26H24F4N6O2. The number of hydrogen-bond acceptors (Lipinski definition) is 6. The summed E-state index contributed by atoms with van der Waals surface area (Å²) in [5.74, 6) is -6.02. The van der Waals surface area contributed by atoms with Gasteiger partial charge in [0.25, 0.3) is 5.91 Å². The Bertz CT molecular complexity index is 1460. The molecule has 0 radical (unpaired) electrons. The first-order valence-corrected chi connectivity index (χ1v) is 11.9. The number of fused-ring (bicyclic) bond motifs is 2. The first kappa shape index (κ1) is 25.4. The number of hydrazone groups is 1. The van der Waals surface area contributed by atoms with Crippen LogP contribution < -0.4 is 10.3 Å². The van der Waals surface area contributed by atoms with E-state index < -0.39 is 35.6 Å². The number of allylic oxidation sites excluding steroid dienone is 1. The summed E-state index contributed by atoms with van der Waals surface area (Å²) >= 11 is 0. The number of amides is 1. The highest BCUT2D eigenvalue weighted by Crippen LogP contribution is 2.34. The zero-order chi connectivity index (χ0) is 27.2. The van der Waals surface area contributed by atoms with Gasteiger partial charge in [-0.2, -0.15) is 13.9 Å². The van der Waals surface area contributed by atoms with E-state index in [4.69, 9.17) is 4.74 Å². The van der Waals surface area contributed by atoms with E-state index in [1.54, 1.807) is 18.4 Å². The summed E-state index contributed by atoms with van der Waals surface area (Å²) in [6.07, 6.45) is 7.78. The topological polar surface area (TPSA) is 84.1 Å². The molecule has 8 nitrogen and oxygen atoms in total. The van der Waals surface area contributed by atoms with Crippen LogP contribution in [0.2, 0.25) is 0 Å². The molecule has 0 bridgehead atoms. The summed E-state index contributed by atoms with van der Waals surface area (Å²) < 4.78 is 62.9. The van der Waals surface area contributed by atoms with Crippen LogP contribution in [-0.2, 0) is 9.53 Å². The molecule has 1 aliphatic carbocycles. The number of carbonyl (C=O) groups excluding carboxylic acids is 1. The second kappa shape index (κ2) is 9.58. The number of pyridine rings is 1. The van der Waals surface area contributed by atoms with Gasteiger partial charge < -0.3 is 10.1 Å². The maximum absolute atomic E-state index is 14.0. The van der Waals surface area contributed by atoms with Crippen molar-refractivity contribution in [2.24, 2.45) is 11.0 Å². The van der Waals surface area contributed by atoms with Crippen molar-refractivity contribution in [1.82, 2.24) is 19.9 Å². The molecular weight excluding hydrogens is 504 g/mol. The van der Waals surface area contributed by atoms with Crippen molar-refractivity contribution in [2.75, 3.05) is 5.01 Å². The molecule has 12 heteroatoms. The fourth-order valence-corrected chi connectivity index (χ4v) is 4.47. The van der Waals surface area contributed by atoms with Crippen molar-refractivity contribution in [2.45, 2.75) is 44.9 Å². The number of nitrogens with zero attached hydrogens (tertiary/aromatic N) is 5. The number of halogens is 4. The molecule has 0 saturated carbocycles. The first-order chi connectivity index (χ1) is 18.0. The molecule has 1 amide bonds. The van der Waals surface area contributed by atoms with Crippen molar-refractivity contribution >= 4 is 23.5 Å². The van der Waals surface area contributed by atoms with Crippen LogP contribution in [0.3, 0.4) is 0 Å². The third kappa shape index (κ3) is 4.98. The maximum Gasteiger partial charge on any atom is 0.321 e. The van der Waals surface area contributed by atoms with Gasteiger partial charge in [-0.05, 0) is 50.3 Å². The molecule has 2 aliphatic rings. The molecule has 2 unspecified atom stereocenters. The highest BCUT2D eigenvalue weighted by Gasteiger charge is 2.36. The van der Waals surface area contributed by atoms with Gasteiger partial charge in [0, 0.05) is 36.9 Å². The van der Waals surface area contributed by atoms with E-state index in [0.717, 1.165) is 23.6 Å². The Kier molecular flexibility index (Phi) is 6.41. The molecule has 0 fully saturated rings. The summed E-state index contributed by atoms with van der Waals surface area (Å²) in [6, 6.07) is 5.28. The Morgan fingerprint density at radius 2 is 1.89 bits per heavy atom. The number of aromatic nitrogens is 3. The molecule has 1 aromatic carbocycles. The second-order valence-electron chi connectivity index (χ2n) is 9.36. The van der Waals surface area contributed by atoms with Crippen molar-refractivity contribution in [3.63, 3.8) is 0 Å². The zero-order valence-corrected chi connectivity index (χ0v) is 20.6. The number of alkyl halides is 2. The molecule has 198 valence electrons. The number of hydrogen-bond donors (Lipinski definition) is 1. The average molecular weight is 529 g/mol. The van der Waals surface area contributed by atoms with Gasteiger partial charge in [-0.25, -0.2) is 8.78 Å². The molecule has 1 N–H and O–H groups in total. The second-order valence-corrected chi connectivity index (χ2v) is 9.36. The van der Waals surface area contributed by atoms with E-state index in [-0.39, 0.29) is 17.5 Å². The number of anilines is 1. The van der Waals surface area contributed by atoms with Crippen LogP contribution in [0.15, 0.2) is 65.6 Å². The van der Waals surface area contributed by atoms with E-state index in [0.29, 0.717) is 24.4 Å². The van der Waals surface area contributed by atoms with Gasteiger partial charge in [-0.3, -0.25) is 14.2 Å². The SMILES string of the molecule is Cc1nnc2ccc(N3N=CC4C=C(O[C@H](c5cc(F)cc(F)c5)[C@H](C)NC(=O)C(C)(F)F)C=CC43)cn12. The summed E-state index contributed by atoms with van der Waals surface area (Å²) in [5.41, 5.74) is 1.57. The quantitative estimate of drug-likeness (QED) is 0.458. The average Bonchev–Trinajstić information content (AvgIpc) is 3.44. The van der Waals surface area contributed by atoms with E-state index in [1.807, 2.05) is 40.7 Å². The van der Waals surface area contributed by atoms with Gasteiger partial charge in [-0.1, -0.05) is 6.08 Å². The van der Waals surface area contributed by atoms with Crippen LogP contribution >= 0.6 is 0 Å². The number of ether oxygens (including phenoxy) is 1. The number of carbonyl (C=O) groups is 1. The van der Waals surface area contributed by atoms with Gasteiger partial charge in [-0.15, -0.1) is 10.2 Å². The van der Waals surface area contributed by atoms with Crippen LogP contribution in [-0.4, -0.2) is 44.7 Å². The van der Waals surface area contributed by atoms with Gasteiger partial charge in [0.1, 0.15) is 29.3 Å². The normalized spacial score (nSPS) is 20.3. The standard InChI is InChI=1S/C26H24F4N6O2/c1-14(32-25(37)26(3,29)30)24(16-8-18(27)11-19(28)9-16)38-21-5-6-22-17(10-21)12-31-36(22)20-4-7-23-34-33-15(2)35(23)13-20/h4-14,17,22,24H,1-3H3,(H,32,37)/t14-,17?,22?,24-/m0/s1. The van der Waals surface area contributed by atoms with Crippen LogP contribution in [0.5, 0.6) is 0 Å². The van der Waals surface area contributed by atoms with Crippen molar-refractivity contribution in [1.29, 1.82) is 0 Å². The maximum atomic E-state index is 14.0. The third-order valence-corrected chi connectivity index (χ3v) is 6.36. The number of aryl methyl sites for hydroxylation is 1. The highest BCUT2D eigenvalue weighted by molar-refractivity contribution is 5.83. The Morgan fingerprint density at radius 1 is 1.16 bits per heavy atom. The van der Waals surface area contributed by atoms with Crippen LogP contribution in [0.4, 0.5) is 23.2 Å². The fourth-order valence-electron chi connectivity index (χ4n) is 4.47. The molecule has 0 spiro atoms. The van der Waals surface area contributed by atoms with E-state index >= 15 is 0 Å². The van der Waals surface area contributed by atoms with E-state index in [2.05, 4.69) is 20.6 Å². The summed E-state index contributed by atoms with van der Waals surface area (Å²) in [7, 11) is 0. The summed E-state index contributed by atoms with van der Waals surface area (Å²) in [5, 5.41) is 16.7. The largest absolute Gasteiger partial charge is 0.484 e. The highest BCUT2D eigenvalue weighted by atomic mass is 19.3. The number of benzene rings is 1. The predicted octanol–water partition coefficient (Wildman–Crippen LogP) is 4.48. The Labute approximate surface area is 215 Å². The molecule has 4 atom stereocenters. The van der Waals surface area contributed by atoms with Crippen LogP contribution in [0, 0.1) is 24.5 Å². The molecule has 5 rings (SSSR count). The smallest absolute Gasteiger partial charge is 0.321 e. The number of rotatable bonds is 7. The van der Waals surface area contributed by atoms with Gasteiger partial charge in [0.05, 0.1) is 17.8 Å². The first-order valence-electron chi connectivity index (χ1n) is 11.9. The minimum atomic E-state index is -3.64. The summed E-state index contributed by atoms with van der Waals surface area (Å²) in [6.45, 7) is 3.74. The predicted molar refractivity (Wildman–Crippen MR) is 132 cm³/mol. The van der Waals surface area contributed by atoms with E-state index in [1.165, 1.54) is 6.92 Å². The van der Waals surface area contributed by atoms with Crippen LogP contribution in [0.25, 0.3) is 5.65 Å². The lowest BCUT2D eigenvalue weighted by Gasteiger charge is -2.30. The molecule has 2 aromatic heterocycles. The van der Waals surface area contributed by atoms with Crippen molar-refractivity contribution < 1.29 is 27.1 Å². The van der Waals surface area contributed by atoms with Gasteiger partial charge in [0.2, 0.25) is 0 Å². The lowest BCUT2D eigenvalue weighted by Crippen LogP contribution is -2.45. The Morgan fingerprint density at radius 3 is 2.61 bits per heavy atom. The van der Waals surface area contributed by atoms with Crippen molar-refractivity contribution in [3.8, 4) is 0 Å². The van der Waals surface area contributed by atoms with Crippen molar-refractivity contribution in [3.05, 3.63) is 83.5 Å². The third-order valence-electron chi connectivity index (χ3n) is 6.36. The lowest BCUT2D eigenvalue weighted by atomic mass is 9.95. The molecule has 3 heterocycles. The molecule has 1 aliphatic heterocycles. The minimum Gasteiger partial charge on any atom is -0.484 e. The summed E-state index contributed by atoms with van der Waals surface area (Å²) in [4.78, 5) is 11.9. The monoisotopic (exact) mass is 528 g/mol.